The van der Waals surface area contributed by atoms with Gasteiger partial charge >= 0.3 is 0 Å². The second-order valence-corrected chi connectivity index (χ2v) is 6.88. The lowest BCUT2D eigenvalue weighted by atomic mass is 9.83. The fourth-order valence-corrected chi connectivity index (χ4v) is 3.54. The lowest BCUT2D eigenvalue weighted by Crippen LogP contribution is -2.30. The van der Waals surface area contributed by atoms with Gasteiger partial charge in [-0.2, -0.15) is 12.6 Å². The molecule has 1 nitrogen and oxygen atoms in total. The van der Waals surface area contributed by atoms with E-state index in [1.165, 1.54) is 42.1 Å². The summed E-state index contributed by atoms with van der Waals surface area (Å²) in [7, 11) is 0. The Balaban J connectivity index is 1.97. The van der Waals surface area contributed by atoms with E-state index in [1.807, 2.05) is 6.07 Å². The summed E-state index contributed by atoms with van der Waals surface area (Å²) in [6, 6.07) is 8.29. The minimum Gasteiger partial charge on any atom is -0.493 e. The van der Waals surface area contributed by atoms with Gasteiger partial charge in [0.25, 0.3) is 0 Å². The molecule has 0 unspecified atom stereocenters. The van der Waals surface area contributed by atoms with Gasteiger partial charge in [-0.15, -0.1) is 0 Å². The van der Waals surface area contributed by atoms with Crippen molar-refractivity contribution in [3.05, 3.63) is 27.8 Å². The maximum absolute atomic E-state index is 6.02. The quantitative estimate of drug-likeness (QED) is 0.445. The van der Waals surface area contributed by atoms with Crippen molar-refractivity contribution >= 4 is 35.2 Å². The molecule has 1 aliphatic rings. The Hall–Kier alpha value is 0.100. The molecule has 1 aromatic rings. The highest BCUT2D eigenvalue weighted by atomic mass is 127. The zero-order valence-corrected chi connectivity index (χ0v) is 13.8. The van der Waals surface area contributed by atoms with Crippen LogP contribution in [-0.4, -0.2) is 12.4 Å². The standard InChI is InChI=1S/C15H21IOS/c16-13-6-5-7-14(10-13)17-11-15(12-18)8-3-1-2-4-9-15/h5-7,10,18H,1-4,8-9,11-12H2. The molecule has 100 valence electrons. The van der Waals surface area contributed by atoms with Gasteiger partial charge < -0.3 is 4.74 Å². The summed E-state index contributed by atoms with van der Waals surface area (Å²) in [6.45, 7) is 0.816. The molecule has 0 N–H and O–H groups in total. The molecule has 1 fully saturated rings. The van der Waals surface area contributed by atoms with Crippen LogP contribution in [0.2, 0.25) is 0 Å². The molecule has 2 rings (SSSR count). The predicted octanol–water partition coefficient (Wildman–Crippen LogP) is 4.94. The lowest BCUT2D eigenvalue weighted by molar-refractivity contribution is 0.148. The number of hydrogen-bond acceptors (Lipinski definition) is 2. The van der Waals surface area contributed by atoms with Gasteiger partial charge in [-0.1, -0.05) is 31.7 Å². The first kappa shape index (κ1) is 14.5. The van der Waals surface area contributed by atoms with E-state index in [2.05, 4.69) is 53.4 Å². The van der Waals surface area contributed by atoms with Gasteiger partial charge in [0, 0.05) is 8.99 Å². The predicted molar refractivity (Wildman–Crippen MR) is 88.6 cm³/mol. The van der Waals surface area contributed by atoms with E-state index in [1.54, 1.807) is 0 Å². The highest BCUT2D eigenvalue weighted by Crippen LogP contribution is 2.36. The SMILES string of the molecule is SCC1(COc2cccc(I)c2)CCCCCC1. The first-order valence-corrected chi connectivity index (χ1v) is 8.44. The van der Waals surface area contributed by atoms with Crippen molar-refractivity contribution in [1.82, 2.24) is 0 Å². The molecule has 1 aliphatic carbocycles. The lowest BCUT2D eigenvalue weighted by Gasteiger charge is -2.30. The van der Waals surface area contributed by atoms with Crippen molar-refractivity contribution in [1.29, 1.82) is 0 Å². The number of hydrogen-bond donors (Lipinski definition) is 1. The zero-order chi connectivity index (χ0) is 12.8. The molecule has 0 aromatic heterocycles. The van der Waals surface area contributed by atoms with Crippen molar-refractivity contribution in [3.63, 3.8) is 0 Å². The minimum absolute atomic E-state index is 0.293. The number of thiol groups is 1. The summed E-state index contributed by atoms with van der Waals surface area (Å²) in [6.07, 6.45) is 7.94. The van der Waals surface area contributed by atoms with Crippen LogP contribution >= 0.6 is 35.2 Å². The molecule has 0 radical (unpaired) electrons. The highest BCUT2D eigenvalue weighted by molar-refractivity contribution is 14.1. The highest BCUT2D eigenvalue weighted by Gasteiger charge is 2.30. The Labute approximate surface area is 129 Å². The number of rotatable bonds is 4. The third kappa shape index (κ3) is 4.05. The number of benzene rings is 1. The average Bonchev–Trinajstić information content (AvgIpc) is 2.63. The number of halogens is 1. The third-order valence-corrected chi connectivity index (χ3v) is 5.18. The van der Waals surface area contributed by atoms with Crippen LogP contribution in [-0.2, 0) is 0 Å². The van der Waals surface area contributed by atoms with E-state index in [-0.39, 0.29) is 0 Å². The Bertz CT molecular complexity index is 373. The van der Waals surface area contributed by atoms with Crippen molar-refractivity contribution in [2.45, 2.75) is 38.5 Å². The average molecular weight is 376 g/mol. The molecule has 3 heteroatoms. The Morgan fingerprint density at radius 3 is 2.50 bits per heavy atom. The third-order valence-electron chi connectivity index (χ3n) is 3.84. The molecule has 18 heavy (non-hydrogen) atoms. The summed E-state index contributed by atoms with van der Waals surface area (Å²) < 4.78 is 7.25. The molecule has 0 spiro atoms. The van der Waals surface area contributed by atoms with Crippen LogP contribution < -0.4 is 4.74 Å². The van der Waals surface area contributed by atoms with E-state index in [4.69, 9.17) is 4.74 Å². The monoisotopic (exact) mass is 376 g/mol. The van der Waals surface area contributed by atoms with E-state index in [0.717, 1.165) is 18.1 Å². The first-order valence-electron chi connectivity index (χ1n) is 6.73. The van der Waals surface area contributed by atoms with Crippen LogP contribution in [0.5, 0.6) is 5.75 Å². The maximum atomic E-state index is 6.02. The molecule has 0 bridgehead atoms. The minimum atomic E-state index is 0.293. The topological polar surface area (TPSA) is 9.23 Å². The molecule has 1 aromatic carbocycles. The fourth-order valence-electron chi connectivity index (χ4n) is 2.62. The van der Waals surface area contributed by atoms with E-state index < -0.39 is 0 Å². The molecular weight excluding hydrogens is 355 g/mol. The van der Waals surface area contributed by atoms with Crippen molar-refractivity contribution in [2.24, 2.45) is 5.41 Å². The smallest absolute Gasteiger partial charge is 0.120 e. The van der Waals surface area contributed by atoms with E-state index in [9.17, 15) is 0 Å². The Morgan fingerprint density at radius 1 is 1.17 bits per heavy atom. The summed E-state index contributed by atoms with van der Waals surface area (Å²) in [4.78, 5) is 0. The van der Waals surface area contributed by atoms with Crippen LogP contribution in [0.25, 0.3) is 0 Å². The van der Waals surface area contributed by atoms with Crippen LogP contribution in [0.1, 0.15) is 38.5 Å². The van der Waals surface area contributed by atoms with Crippen LogP contribution in [0.15, 0.2) is 24.3 Å². The maximum Gasteiger partial charge on any atom is 0.120 e. The van der Waals surface area contributed by atoms with E-state index in [0.29, 0.717) is 5.41 Å². The second kappa shape index (κ2) is 7.04. The molecule has 0 saturated heterocycles. The molecule has 0 atom stereocenters. The van der Waals surface area contributed by atoms with Gasteiger partial charge in [-0.3, -0.25) is 0 Å². The normalized spacial score (nSPS) is 19.2. The van der Waals surface area contributed by atoms with Gasteiger partial charge in [0.05, 0.1) is 6.61 Å². The summed E-state index contributed by atoms with van der Waals surface area (Å²) >= 11 is 6.91. The molecule has 0 heterocycles. The Kier molecular flexibility index (Phi) is 5.67. The van der Waals surface area contributed by atoms with Crippen LogP contribution in [0.3, 0.4) is 0 Å². The van der Waals surface area contributed by atoms with Crippen molar-refractivity contribution in [2.75, 3.05) is 12.4 Å². The molecule has 0 amide bonds. The fraction of sp³-hybridized carbons (Fsp3) is 0.600. The van der Waals surface area contributed by atoms with E-state index >= 15 is 0 Å². The second-order valence-electron chi connectivity index (χ2n) is 5.32. The van der Waals surface area contributed by atoms with Gasteiger partial charge in [0.15, 0.2) is 0 Å². The van der Waals surface area contributed by atoms with Gasteiger partial charge in [-0.05, 0) is 59.4 Å². The van der Waals surface area contributed by atoms with Crippen LogP contribution in [0, 0.1) is 8.99 Å². The largest absolute Gasteiger partial charge is 0.493 e. The number of ether oxygens (including phenoxy) is 1. The molecule has 0 aliphatic heterocycles. The van der Waals surface area contributed by atoms with Gasteiger partial charge in [0.1, 0.15) is 5.75 Å². The summed E-state index contributed by atoms with van der Waals surface area (Å²) in [5.74, 6) is 1.93. The molecule has 1 saturated carbocycles. The van der Waals surface area contributed by atoms with Crippen molar-refractivity contribution < 1.29 is 4.74 Å². The Morgan fingerprint density at radius 2 is 1.89 bits per heavy atom. The van der Waals surface area contributed by atoms with Gasteiger partial charge in [-0.25, -0.2) is 0 Å². The van der Waals surface area contributed by atoms with Gasteiger partial charge in [0.2, 0.25) is 0 Å². The molecular formula is C15H21IOS. The van der Waals surface area contributed by atoms with Crippen molar-refractivity contribution in [3.8, 4) is 5.75 Å². The summed E-state index contributed by atoms with van der Waals surface area (Å²) in [5.41, 5.74) is 0.293. The summed E-state index contributed by atoms with van der Waals surface area (Å²) in [5, 5.41) is 0. The first-order chi connectivity index (χ1) is 8.74. The zero-order valence-electron chi connectivity index (χ0n) is 10.7. The van der Waals surface area contributed by atoms with Crippen LogP contribution in [0.4, 0.5) is 0 Å².